The Bertz CT molecular complexity index is 371. The van der Waals surface area contributed by atoms with Crippen molar-refractivity contribution in [1.29, 1.82) is 0 Å². The van der Waals surface area contributed by atoms with Crippen molar-refractivity contribution >= 4 is 0 Å². The molecular weight excluding hydrogens is 244 g/mol. The Morgan fingerprint density at radius 2 is 1.84 bits per heavy atom. The topological polar surface area (TPSA) is 47.9 Å². The lowest BCUT2D eigenvalue weighted by Gasteiger charge is -2.20. The first-order valence-corrected chi connectivity index (χ1v) is 6.46. The number of hydrogen-bond donors (Lipinski definition) is 1. The molecule has 0 saturated heterocycles. The standard InChI is InChI=1S/C15H24O4/c1-15(2,3)19-10-9-18-11-13(16)12-7-5-6-8-14(12)17-4/h5-8,13,16H,9-11H2,1-4H3. The van der Waals surface area contributed by atoms with E-state index in [1.807, 2.05) is 45.0 Å². The van der Waals surface area contributed by atoms with Crippen molar-refractivity contribution in [2.75, 3.05) is 26.9 Å². The van der Waals surface area contributed by atoms with E-state index in [1.165, 1.54) is 0 Å². The van der Waals surface area contributed by atoms with Crippen LogP contribution in [0.3, 0.4) is 0 Å². The minimum Gasteiger partial charge on any atom is -0.496 e. The Kier molecular flexibility index (Phi) is 6.28. The molecule has 0 amide bonds. The summed E-state index contributed by atoms with van der Waals surface area (Å²) in [7, 11) is 1.59. The molecule has 0 saturated carbocycles. The molecule has 1 unspecified atom stereocenters. The number of methoxy groups -OCH3 is 1. The molecule has 0 spiro atoms. The number of ether oxygens (including phenoxy) is 3. The molecule has 1 aromatic carbocycles. The first-order chi connectivity index (χ1) is 8.94. The molecular formula is C15H24O4. The van der Waals surface area contributed by atoms with Crippen molar-refractivity contribution in [3.63, 3.8) is 0 Å². The van der Waals surface area contributed by atoms with Gasteiger partial charge in [-0.25, -0.2) is 0 Å². The maximum absolute atomic E-state index is 10.0. The highest BCUT2D eigenvalue weighted by molar-refractivity contribution is 5.34. The molecule has 0 aromatic heterocycles. The summed E-state index contributed by atoms with van der Waals surface area (Å²) in [5.41, 5.74) is 0.576. The summed E-state index contributed by atoms with van der Waals surface area (Å²) in [5, 5.41) is 10.0. The van der Waals surface area contributed by atoms with Crippen LogP contribution in [-0.2, 0) is 9.47 Å². The monoisotopic (exact) mass is 268 g/mol. The van der Waals surface area contributed by atoms with Gasteiger partial charge in [-0.3, -0.25) is 0 Å². The van der Waals surface area contributed by atoms with Gasteiger partial charge in [-0.2, -0.15) is 0 Å². The summed E-state index contributed by atoms with van der Waals surface area (Å²) in [5.74, 6) is 0.671. The number of aliphatic hydroxyl groups is 1. The number of benzene rings is 1. The molecule has 1 aromatic rings. The minimum absolute atomic E-state index is 0.162. The van der Waals surface area contributed by atoms with Crippen LogP contribution in [0, 0.1) is 0 Å². The lowest BCUT2D eigenvalue weighted by Crippen LogP contribution is -2.22. The van der Waals surface area contributed by atoms with Crippen molar-refractivity contribution in [2.45, 2.75) is 32.5 Å². The van der Waals surface area contributed by atoms with Gasteiger partial charge in [0.25, 0.3) is 0 Å². The van der Waals surface area contributed by atoms with Crippen LogP contribution in [-0.4, -0.2) is 37.6 Å². The fraction of sp³-hybridized carbons (Fsp3) is 0.600. The van der Waals surface area contributed by atoms with Gasteiger partial charge in [0.1, 0.15) is 11.9 Å². The first kappa shape index (κ1) is 16.0. The molecule has 0 bridgehead atoms. The van der Waals surface area contributed by atoms with Crippen molar-refractivity contribution in [1.82, 2.24) is 0 Å². The number of aliphatic hydroxyl groups excluding tert-OH is 1. The molecule has 0 heterocycles. The lowest BCUT2D eigenvalue weighted by atomic mass is 10.1. The van der Waals surface area contributed by atoms with Crippen LogP contribution < -0.4 is 4.74 Å². The van der Waals surface area contributed by atoms with Crippen LogP contribution in [0.1, 0.15) is 32.4 Å². The summed E-state index contributed by atoms with van der Waals surface area (Å²) in [6.45, 7) is 7.20. The SMILES string of the molecule is COc1ccccc1C(O)COCCOC(C)(C)C. The van der Waals surface area contributed by atoms with Crippen LogP contribution in [0.25, 0.3) is 0 Å². The molecule has 0 aliphatic carbocycles. The van der Waals surface area contributed by atoms with E-state index in [4.69, 9.17) is 14.2 Å². The highest BCUT2D eigenvalue weighted by Crippen LogP contribution is 2.24. The Morgan fingerprint density at radius 1 is 1.16 bits per heavy atom. The third kappa shape index (κ3) is 6.05. The fourth-order valence-electron chi connectivity index (χ4n) is 1.63. The third-order valence-corrected chi connectivity index (χ3v) is 2.54. The molecule has 0 aliphatic rings. The van der Waals surface area contributed by atoms with Gasteiger partial charge in [0.15, 0.2) is 0 Å². The van der Waals surface area contributed by atoms with E-state index < -0.39 is 6.10 Å². The first-order valence-electron chi connectivity index (χ1n) is 6.46. The predicted molar refractivity (Wildman–Crippen MR) is 74.5 cm³/mol. The molecule has 1 rings (SSSR count). The van der Waals surface area contributed by atoms with Crippen molar-refractivity contribution < 1.29 is 19.3 Å². The maximum Gasteiger partial charge on any atom is 0.124 e. The normalized spacial score (nSPS) is 13.3. The maximum atomic E-state index is 10.0. The molecule has 4 nitrogen and oxygen atoms in total. The van der Waals surface area contributed by atoms with Gasteiger partial charge in [-0.15, -0.1) is 0 Å². The lowest BCUT2D eigenvalue weighted by molar-refractivity contribution is -0.0479. The van der Waals surface area contributed by atoms with Gasteiger partial charge in [0, 0.05) is 5.56 Å². The van der Waals surface area contributed by atoms with Crippen LogP contribution in [0.2, 0.25) is 0 Å². The van der Waals surface area contributed by atoms with Gasteiger partial charge >= 0.3 is 0 Å². The molecule has 0 fully saturated rings. The summed E-state index contributed by atoms with van der Waals surface area (Å²) >= 11 is 0. The Labute approximate surface area is 115 Å². The second-order valence-electron chi connectivity index (χ2n) is 5.29. The van der Waals surface area contributed by atoms with Gasteiger partial charge in [-0.05, 0) is 26.8 Å². The van der Waals surface area contributed by atoms with E-state index >= 15 is 0 Å². The summed E-state index contributed by atoms with van der Waals surface area (Å²) in [4.78, 5) is 0. The summed E-state index contributed by atoms with van der Waals surface area (Å²) in [6, 6.07) is 7.39. The fourth-order valence-corrected chi connectivity index (χ4v) is 1.63. The van der Waals surface area contributed by atoms with Crippen molar-refractivity contribution in [2.24, 2.45) is 0 Å². The van der Waals surface area contributed by atoms with Crippen LogP contribution in [0.5, 0.6) is 5.75 Å². The van der Waals surface area contributed by atoms with E-state index in [0.29, 0.717) is 19.0 Å². The number of hydrogen-bond acceptors (Lipinski definition) is 4. The third-order valence-electron chi connectivity index (χ3n) is 2.54. The van der Waals surface area contributed by atoms with Crippen LogP contribution >= 0.6 is 0 Å². The quantitative estimate of drug-likeness (QED) is 0.772. The van der Waals surface area contributed by atoms with Gasteiger partial charge < -0.3 is 19.3 Å². The molecule has 19 heavy (non-hydrogen) atoms. The van der Waals surface area contributed by atoms with Crippen molar-refractivity contribution in [3.05, 3.63) is 29.8 Å². The zero-order valence-corrected chi connectivity index (χ0v) is 12.2. The summed E-state index contributed by atoms with van der Waals surface area (Å²) < 4.78 is 16.1. The Balaban J connectivity index is 2.33. The largest absolute Gasteiger partial charge is 0.496 e. The van der Waals surface area contributed by atoms with Gasteiger partial charge in [0.2, 0.25) is 0 Å². The van der Waals surface area contributed by atoms with E-state index in [0.717, 1.165) is 5.56 Å². The second kappa shape index (κ2) is 7.48. The van der Waals surface area contributed by atoms with E-state index in [-0.39, 0.29) is 12.2 Å². The van der Waals surface area contributed by atoms with E-state index in [2.05, 4.69) is 0 Å². The molecule has 1 atom stereocenters. The van der Waals surface area contributed by atoms with Gasteiger partial charge in [0.05, 0.1) is 32.5 Å². The van der Waals surface area contributed by atoms with E-state index in [1.54, 1.807) is 7.11 Å². The highest BCUT2D eigenvalue weighted by atomic mass is 16.5. The average molecular weight is 268 g/mol. The number of para-hydroxylation sites is 1. The Hall–Kier alpha value is -1.10. The summed E-state index contributed by atoms with van der Waals surface area (Å²) in [6.07, 6.45) is -0.689. The van der Waals surface area contributed by atoms with Gasteiger partial charge in [-0.1, -0.05) is 18.2 Å². The zero-order valence-electron chi connectivity index (χ0n) is 12.2. The van der Waals surface area contributed by atoms with Crippen LogP contribution in [0.4, 0.5) is 0 Å². The predicted octanol–water partition coefficient (Wildman–Crippen LogP) is 2.56. The second-order valence-corrected chi connectivity index (χ2v) is 5.29. The van der Waals surface area contributed by atoms with Crippen molar-refractivity contribution in [3.8, 4) is 5.75 Å². The molecule has 108 valence electrons. The average Bonchev–Trinajstić information content (AvgIpc) is 2.36. The van der Waals surface area contributed by atoms with E-state index in [9.17, 15) is 5.11 Å². The molecule has 0 radical (unpaired) electrons. The highest BCUT2D eigenvalue weighted by Gasteiger charge is 2.13. The minimum atomic E-state index is -0.689. The molecule has 0 aliphatic heterocycles. The number of rotatable bonds is 7. The Morgan fingerprint density at radius 3 is 2.47 bits per heavy atom. The molecule has 4 heteroatoms. The molecule has 1 N–H and O–H groups in total. The smallest absolute Gasteiger partial charge is 0.124 e. The van der Waals surface area contributed by atoms with Crippen LogP contribution in [0.15, 0.2) is 24.3 Å². The zero-order chi connectivity index (χ0) is 14.3.